The Morgan fingerprint density at radius 3 is 2.83 bits per heavy atom. The van der Waals surface area contributed by atoms with Gasteiger partial charge in [0.25, 0.3) is 0 Å². The minimum atomic E-state index is 0.105. The molecule has 0 saturated heterocycles. The molecule has 1 aliphatic rings. The van der Waals surface area contributed by atoms with E-state index < -0.39 is 0 Å². The number of aliphatic imine (C=N–C) groups is 1. The minimum absolute atomic E-state index is 0.105. The molecule has 0 heterocycles. The van der Waals surface area contributed by atoms with Gasteiger partial charge in [0.15, 0.2) is 0 Å². The van der Waals surface area contributed by atoms with Gasteiger partial charge in [-0.1, -0.05) is 36.4 Å². The molecule has 0 bridgehead atoms. The highest BCUT2D eigenvalue weighted by molar-refractivity contribution is 5.67. The van der Waals surface area contributed by atoms with E-state index in [2.05, 4.69) is 17.1 Å². The number of methoxy groups -OCH3 is 1. The third-order valence-corrected chi connectivity index (χ3v) is 2.87. The number of benzene rings is 1. The molecule has 0 saturated carbocycles. The van der Waals surface area contributed by atoms with Crippen molar-refractivity contribution >= 4 is 6.08 Å². The van der Waals surface area contributed by atoms with E-state index in [0.29, 0.717) is 12.6 Å². The van der Waals surface area contributed by atoms with Gasteiger partial charge in [-0.3, -0.25) is 0 Å². The average Bonchev–Trinajstić information content (AvgIpc) is 2.45. The fourth-order valence-electron chi connectivity index (χ4n) is 1.90. The first kappa shape index (κ1) is 12.7. The molecule has 3 heteroatoms. The summed E-state index contributed by atoms with van der Waals surface area (Å²) in [6.45, 7) is 0.584. The molecule has 0 radical (unpaired) electrons. The van der Waals surface area contributed by atoms with Crippen LogP contribution >= 0.6 is 0 Å². The van der Waals surface area contributed by atoms with Crippen molar-refractivity contribution in [1.29, 1.82) is 0 Å². The SMILES string of the molecule is COC(=NCc1ccccc1)OC1C=CCCC1. The van der Waals surface area contributed by atoms with Crippen LogP contribution < -0.4 is 0 Å². The molecule has 2 rings (SSSR count). The Bertz CT molecular complexity index is 412. The molecule has 0 aliphatic heterocycles. The largest absolute Gasteiger partial charge is 0.454 e. The zero-order valence-corrected chi connectivity index (χ0v) is 10.7. The van der Waals surface area contributed by atoms with Crippen LogP contribution in [0.2, 0.25) is 0 Å². The number of allylic oxidation sites excluding steroid dienone is 1. The van der Waals surface area contributed by atoms with Crippen LogP contribution in [-0.4, -0.2) is 19.3 Å². The highest BCUT2D eigenvalue weighted by Gasteiger charge is 2.12. The average molecular weight is 245 g/mol. The number of rotatable bonds is 3. The first-order valence-corrected chi connectivity index (χ1v) is 6.34. The standard InChI is InChI=1S/C15H19NO2/c1-17-15(18-14-10-6-3-7-11-14)16-12-13-8-4-2-5-9-13/h2,4-6,8-10,14H,3,7,11-12H2,1H3. The number of nitrogens with zero attached hydrogens (tertiary/aromatic N) is 1. The quantitative estimate of drug-likeness (QED) is 0.464. The van der Waals surface area contributed by atoms with E-state index in [1.807, 2.05) is 30.3 Å². The Hall–Kier alpha value is -1.77. The maximum atomic E-state index is 5.70. The lowest BCUT2D eigenvalue weighted by Crippen LogP contribution is -2.19. The second kappa shape index (κ2) is 6.84. The van der Waals surface area contributed by atoms with Gasteiger partial charge in [0.2, 0.25) is 0 Å². The van der Waals surface area contributed by atoms with Crippen molar-refractivity contribution in [2.45, 2.75) is 31.9 Å². The Labute approximate surface area is 108 Å². The third kappa shape index (κ3) is 3.91. The zero-order chi connectivity index (χ0) is 12.6. The van der Waals surface area contributed by atoms with Gasteiger partial charge in [-0.2, -0.15) is 0 Å². The Kier molecular flexibility index (Phi) is 4.82. The summed E-state index contributed by atoms with van der Waals surface area (Å²) in [4.78, 5) is 4.34. The molecule has 1 aromatic rings. The van der Waals surface area contributed by atoms with E-state index in [9.17, 15) is 0 Å². The summed E-state index contributed by atoms with van der Waals surface area (Å²) in [6, 6.07) is 10.1. The van der Waals surface area contributed by atoms with E-state index in [1.54, 1.807) is 7.11 Å². The molecule has 0 spiro atoms. The van der Waals surface area contributed by atoms with Crippen molar-refractivity contribution in [2.24, 2.45) is 4.99 Å². The highest BCUT2D eigenvalue weighted by atomic mass is 16.7. The van der Waals surface area contributed by atoms with Gasteiger partial charge >= 0.3 is 6.08 Å². The summed E-state index contributed by atoms with van der Waals surface area (Å²) >= 11 is 0. The van der Waals surface area contributed by atoms with Crippen LogP contribution in [-0.2, 0) is 16.0 Å². The molecule has 0 N–H and O–H groups in total. The summed E-state index contributed by atoms with van der Waals surface area (Å²) < 4.78 is 10.9. The molecular formula is C15H19NO2. The van der Waals surface area contributed by atoms with Crippen LogP contribution in [0.5, 0.6) is 0 Å². The molecule has 18 heavy (non-hydrogen) atoms. The molecule has 1 atom stereocenters. The first-order valence-electron chi connectivity index (χ1n) is 6.34. The summed E-state index contributed by atoms with van der Waals surface area (Å²) in [7, 11) is 1.59. The second-order valence-corrected chi connectivity index (χ2v) is 4.29. The number of hydrogen-bond donors (Lipinski definition) is 0. The van der Waals surface area contributed by atoms with Crippen molar-refractivity contribution in [1.82, 2.24) is 0 Å². The van der Waals surface area contributed by atoms with Crippen LogP contribution in [0.15, 0.2) is 47.5 Å². The molecule has 96 valence electrons. The normalized spacial score (nSPS) is 19.6. The first-order chi connectivity index (χ1) is 8.88. The van der Waals surface area contributed by atoms with Crippen molar-refractivity contribution in [3.63, 3.8) is 0 Å². The monoisotopic (exact) mass is 245 g/mol. The van der Waals surface area contributed by atoms with E-state index >= 15 is 0 Å². The number of hydrogen-bond acceptors (Lipinski definition) is 3. The Balaban J connectivity index is 1.91. The van der Waals surface area contributed by atoms with Crippen LogP contribution in [0.4, 0.5) is 0 Å². The van der Waals surface area contributed by atoms with Gasteiger partial charge in [0.1, 0.15) is 6.10 Å². The highest BCUT2D eigenvalue weighted by Crippen LogP contribution is 2.14. The maximum absolute atomic E-state index is 5.70. The lowest BCUT2D eigenvalue weighted by atomic mass is 10.1. The smallest absolute Gasteiger partial charge is 0.384 e. The van der Waals surface area contributed by atoms with Crippen molar-refractivity contribution in [2.75, 3.05) is 7.11 Å². The minimum Gasteiger partial charge on any atom is -0.454 e. The van der Waals surface area contributed by atoms with E-state index in [0.717, 1.165) is 24.8 Å². The van der Waals surface area contributed by atoms with E-state index in [4.69, 9.17) is 9.47 Å². The summed E-state index contributed by atoms with van der Waals surface area (Å²) in [6.07, 6.45) is 8.05. The van der Waals surface area contributed by atoms with Crippen LogP contribution in [0.1, 0.15) is 24.8 Å². The fourth-order valence-corrected chi connectivity index (χ4v) is 1.90. The number of ether oxygens (including phenoxy) is 2. The molecule has 0 fully saturated rings. The molecule has 1 unspecified atom stereocenters. The van der Waals surface area contributed by atoms with Crippen molar-refractivity contribution in [3.8, 4) is 0 Å². The predicted molar refractivity (Wildman–Crippen MR) is 72.5 cm³/mol. The summed E-state index contributed by atoms with van der Waals surface area (Å²) in [5.74, 6) is 0. The predicted octanol–water partition coefficient (Wildman–Crippen LogP) is 3.31. The molecule has 1 aromatic carbocycles. The van der Waals surface area contributed by atoms with Gasteiger partial charge in [0.05, 0.1) is 13.7 Å². The van der Waals surface area contributed by atoms with Crippen LogP contribution in [0.25, 0.3) is 0 Å². The van der Waals surface area contributed by atoms with E-state index in [1.165, 1.54) is 0 Å². The second-order valence-electron chi connectivity index (χ2n) is 4.29. The summed E-state index contributed by atoms with van der Waals surface area (Å²) in [5, 5.41) is 0. The molecule has 1 aliphatic carbocycles. The van der Waals surface area contributed by atoms with Gasteiger partial charge in [-0.25, -0.2) is 4.99 Å². The Morgan fingerprint density at radius 1 is 1.33 bits per heavy atom. The molecule has 3 nitrogen and oxygen atoms in total. The molecule has 0 aromatic heterocycles. The third-order valence-electron chi connectivity index (χ3n) is 2.87. The van der Waals surface area contributed by atoms with Crippen molar-refractivity contribution in [3.05, 3.63) is 48.0 Å². The fraction of sp³-hybridized carbons (Fsp3) is 0.400. The van der Waals surface area contributed by atoms with Crippen LogP contribution in [0, 0.1) is 0 Å². The van der Waals surface area contributed by atoms with Gasteiger partial charge in [0, 0.05) is 0 Å². The topological polar surface area (TPSA) is 30.8 Å². The van der Waals surface area contributed by atoms with E-state index in [-0.39, 0.29) is 6.10 Å². The molecule has 0 amide bonds. The van der Waals surface area contributed by atoms with Gasteiger partial charge in [-0.15, -0.1) is 0 Å². The maximum Gasteiger partial charge on any atom is 0.384 e. The van der Waals surface area contributed by atoms with Gasteiger partial charge in [-0.05, 0) is 30.9 Å². The Morgan fingerprint density at radius 2 is 2.17 bits per heavy atom. The lowest BCUT2D eigenvalue weighted by Gasteiger charge is -2.18. The van der Waals surface area contributed by atoms with Crippen molar-refractivity contribution < 1.29 is 9.47 Å². The van der Waals surface area contributed by atoms with Gasteiger partial charge < -0.3 is 9.47 Å². The van der Waals surface area contributed by atoms with Crippen LogP contribution in [0.3, 0.4) is 0 Å². The molecular weight excluding hydrogens is 226 g/mol. The zero-order valence-electron chi connectivity index (χ0n) is 10.7. The summed E-state index contributed by atoms with van der Waals surface area (Å²) in [5.41, 5.74) is 1.15. The lowest BCUT2D eigenvalue weighted by molar-refractivity contribution is 0.144.